The Hall–Kier alpha value is -3.42. The van der Waals surface area contributed by atoms with Gasteiger partial charge in [0.05, 0.1) is 7.11 Å². The van der Waals surface area contributed by atoms with Crippen molar-refractivity contribution in [3.8, 4) is 11.5 Å². The van der Waals surface area contributed by atoms with Crippen molar-refractivity contribution in [3.05, 3.63) is 47.8 Å². The highest BCUT2D eigenvalue weighted by Gasteiger charge is 2.22. The number of nitrogens with zero attached hydrogens (tertiary/aromatic N) is 1. The maximum atomic E-state index is 12.5. The Kier molecular flexibility index (Phi) is 7.59. The van der Waals surface area contributed by atoms with E-state index in [4.69, 9.17) is 9.47 Å². The van der Waals surface area contributed by atoms with E-state index in [0.29, 0.717) is 11.4 Å². The second kappa shape index (κ2) is 10.6. The number of pyridine rings is 1. The van der Waals surface area contributed by atoms with Crippen LogP contribution < -0.4 is 20.1 Å². The molecule has 2 aromatic rings. The van der Waals surface area contributed by atoms with E-state index in [9.17, 15) is 14.4 Å². The average Bonchev–Trinajstić information content (AvgIpc) is 2.77. The molecule has 0 aliphatic heterocycles. The number of amides is 2. The second-order valence-corrected chi connectivity index (χ2v) is 7.53. The zero-order chi connectivity index (χ0) is 22.2. The van der Waals surface area contributed by atoms with Crippen LogP contribution in [0.5, 0.6) is 11.5 Å². The first-order chi connectivity index (χ1) is 15.0. The quantitative estimate of drug-likeness (QED) is 0.497. The molecule has 1 aliphatic carbocycles. The fourth-order valence-electron chi connectivity index (χ4n) is 3.52. The van der Waals surface area contributed by atoms with Crippen LogP contribution >= 0.6 is 0 Å². The molecule has 0 spiro atoms. The summed E-state index contributed by atoms with van der Waals surface area (Å²) in [6.07, 6.45) is 6.70. The number of Topliss-reactive ketones (excluding diaryl/α,β-unsaturated/α-hetero) is 1. The number of methoxy groups -OCH3 is 1. The number of anilines is 1. The van der Waals surface area contributed by atoms with E-state index in [2.05, 4.69) is 15.6 Å². The first-order valence-electron chi connectivity index (χ1n) is 10.3. The van der Waals surface area contributed by atoms with Crippen LogP contribution in [0.1, 0.15) is 48.2 Å². The lowest BCUT2D eigenvalue weighted by Crippen LogP contribution is -2.40. The van der Waals surface area contributed by atoms with Gasteiger partial charge in [0.25, 0.3) is 11.8 Å². The van der Waals surface area contributed by atoms with Crippen molar-refractivity contribution in [2.45, 2.75) is 45.1 Å². The molecule has 164 valence electrons. The molecule has 0 atom stereocenters. The zero-order valence-corrected chi connectivity index (χ0v) is 17.8. The number of nitrogens with one attached hydrogen (secondary N) is 2. The lowest BCUT2D eigenvalue weighted by Gasteiger charge is -2.22. The topological polar surface area (TPSA) is 107 Å². The Bertz CT molecular complexity index is 954. The van der Waals surface area contributed by atoms with Gasteiger partial charge in [-0.1, -0.05) is 19.3 Å². The molecule has 0 saturated heterocycles. The van der Waals surface area contributed by atoms with Crippen LogP contribution in [-0.2, 0) is 9.59 Å². The molecule has 1 aliphatic rings. The minimum atomic E-state index is -0.624. The van der Waals surface area contributed by atoms with Crippen LogP contribution in [0, 0.1) is 6.92 Å². The number of aryl methyl sites for hydroxylation is 1. The number of hydrogen-bond acceptors (Lipinski definition) is 6. The monoisotopic (exact) mass is 425 g/mol. The van der Waals surface area contributed by atoms with Crippen molar-refractivity contribution in [2.24, 2.45) is 0 Å². The van der Waals surface area contributed by atoms with Gasteiger partial charge >= 0.3 is 0 Å². The van der Waals surface area contributed by atoms with Gasteiger partial charge in [0, 0.05) is 29.2 Å². The molecule has 1 heterocycles. The summed E-state index contributed by atoms with van der Waals surface area (Å²) in [4.78, 5) is 41.1. The van der Waals surface area contributed by atoms with Gasteiger partial charge < -0.3 is 20.1 Å². The Labute approximate surface area is 181 Å². The number of ether oxygens (including phenoxy) is 2. The van der Waals surface area contributed by atoms with Crippen LogP contribution in [0.15, 0.2) is 36.5 Å². The highest BCUT2D eigenvalue weighted by molar-refractivity contribution is 6.42. The van der Waals surface area contributed by atoms with Crippen molar-refractivity contribution < 1.29 is 23.9 Å². The number of ketones is 1. The van der Waals surface area contributed by atoms with E-state index in [0.717, 1.165) is 31.4 Å². The first-order valence-corrected chi connectivity index (χ1v) is 10.3. The van der Waals surface area contributed by atoms with Crippen molar-refractivity contribution in [1.29, 1.82) is 0 Å². The summed E-state index contributed by atoms with van der Waals surface area (Å²) < 4.78 is 10.8. The number of aromatic nitrogens is 1. The van der Waals surface area contributed by atoms with Gasteiger partial charge in [-0.2, -0.15) is 0 Å². The molecular weight excluding hydrogens is 398 g/mol. The number of carbonyl (C=O) groups is 3. The standard InChI is InChI=1S/C23H27N3O5/c1-15-12-18(10-11-24-15)25-21(27)14-31-19-9-8-16(13-20(19)30-2)22(28)23(29)26-17-6-4-3-5-7-17/h8-13,17H,3-7,14H2,1-2H3,(H,26,29)(H,24,25,27). The van der Waals surface area contributed by atoms with E-state index < -0.39 is 11.7 Å². The molecule has 1 saturated carbocycles. The Morgan fingerprint density at radius 1 is 1.06 bits per heavy atom. The van der Waals surface area contributed by atoms with Crippen molar-refractivity contribution in [2.75, 3.05) is 19.0 Å². The largest absolute Gasteiger partial charge is 0.493 e. The molecule has 8 nitrogen and oxygen atoms in total. The SMILES string of the molecule is COc1cc(C(=O)C(=O)NC2CCCCC2)ccc1OCC(=O)Nc1ccnc(C)c1. The van der Waals surface area contributed by atoms with Crippen molar-refractivity contribution in [1.82, 2.24) is 10.3 Å². The van der Waals surface area contributed by atoms with Gasteiger partial charge in [0.1, 0.15) is 0 Å². The van der Waals surface area contributed by atoms with Crippen LogP contribution in [0.4, 0.5) is 5.69 Å². The molecule has 3 rings (SSSR count). The van der Waals surface area contributed by atoms with Crippen LogP contribution in [0.3, 0.4) is 0 Å². The third-order valence-corrected chi connectivity index (χ3v) is 5.11. The van der Waals surface area contributed by atoms with E-state index in [1.54, 1.807) is 18.3 Å². The Morgan fingerprint density at radius 3 is 2.55 bits per heavy atom. The molecule has 31 heavy (non-hydrogen) atoms. The number of benzene rings is 1. The molecule has 1 fully saturated rings. The molecule has 1 aromatic heterocycles. The summed E-state index contributed by atoms with van der Waals surface area (Å²) in [5.41, 5.74) is 1.61. The fourth-order valence-corrected chi connectivity index (χ4v) is 3.52. The molecule has 0 bridgehead atoms. The van der Waals surface area contributed by atoms with Gasteiger partial charge in [0.2, 0.25) is 5.78 Å². The average molecular weight is 425 g/mol. The molecule has 0 unspecified atom stereocenters. The maximum Gasteiger partial charge on any atom is 0.292 e. The molecule has 8 heteroatoms. The lowest BCUT2D eigenvalue weighted by atomic mass is 9.95. The lowest BCUT2D eigenvalue weighted by molar-refractivity contribution is -0.118. The molecule has 2 N–H and O–H groups in total. The van der Waals surface area contributed by atoms with Gasteiger partial charge in [-0.15, -0.1) is 0 Å². The predicted molar refractivity (Wildman–Crippen MR) is 115 cm³/mol. The maximum absolute atomic E-state index is 12.5. The molecule has 1 aromatic carbocycles. The van der Waals surface area contributed by atoms with Gasteiger partial charge in [-0.3, -0.25) is 19.4 Å². The summed E-state index contributed by atoms with van der Waals surface area (Å²) in [5.74, 6) is -1.02. The Balaban J connectivity index is 1.59. The summed E-state index contributed by atoms with van der Waals surface area (Å²) in [5, 5.41) is 5.54. The molecular formula is C23H27N3O5. The van der Waals surface area contributed by atoms with E-state index in [-0.39, 0.29) is 29.9 Å². The minimum absolute atomic E-state index is 0.0531. The highest BCUT2D eigenvalue weighted by Crippen LogP contribution is 2.28. The van der Waals surface area contributed by atoms with Crippen LogP contribution in [0.25, 0.3) is 0 Å². The van der Waals surface area contributed by atoms with E-state index in [1.165, 1.54) is 31.7 Å². The third kappa shape index (κ3) is 6.28. The van der Waals surface area contributed by atoms with Gasteiger partial charge in [-0.25, -0.2) is 0 Å². The second-order valence-electron chi connectivity index (χ2n) is 7.53. The predicted octanol–water partition coefficient (Wildman–Crippen LogP) is 3.05. The number of rotatable bonds is 8. The van der Waals surface area contributed by atoms with E-state index >= 15 is 0 Å². The first kappa shape index (κ1) is 22.3. The summed E-state index contributed by atoms with van der Waals surface area (Å²) in [6.45, 7) is 1.59. The molecule has 2 amide bonds. The fraction of sp³-hybridized carbons (Fsp3) is 0.391. The summed E-state index contributed by atoms with van der Waals surface area (Å²) in [7, 11) is 1.43. The smallest absolute Gasteiger partial charge is 0.292 e. The van der Waals surface area contributed by atoms with Crippen LogP contribution in [0.2, 0.25) is 0 Å². The highest BCUT2D eigenvalue weighted by atomic mass is 16.5. The normalized spacial score (nSPS) is 13.9. The van der Waals surface area contributed by atoms with Gasteiger partial charge in [0.15, 0.2) is 18.1 Å². The van der Waals surface area contributed by atoms with Crippen molar-refractivity contribution in [3.63, 3.8) is 0 Å². The zero-order valence-electron chi connectivity index (χ0n) is 17.8. The van der Waals surface area contributed by atoms with Crippen molar-refractivity contribution >= 4 is 23.3 Å². The molecule has 0 radical (unpaired) electrons. The summed E-state index contributed by atoms with van der Waals surface area (Å²) >= 11 is 0. The van der Waals surface area contributed by atoms with Gasteiger partial charge in [-0.05, 0) is 50.1 Å². The van der Waals surface area contributed by atoms with E-state index in [1.807, 2.05) is 6.92 Å². The van der Waals surface area contributed by atoms with Crippen LogP contribution in [-0.4, -0.2) is 42.3 Å². The number of hydrogen-bond donors (Lipinski definition) is 2. The number of carbonyl (C=O) groups excluding carboxylic acids is 3. The summed E-state index contributed by atoms with van der Waals surface area (Å²) in [6, 6.07) is 7.94. The Morgan fingerprint density at radius 2 is 1.84 bits per heavy atom. The third-order valence-electron chi connectivity index (χ3n) is 5.11. The minimum Gasteiger partial charge on any atom is -0.493 e.